The van der Waals surface area contributed by atoms with Crippen molar-refractivity contribution in [3.8, 4) is 11.5 Å². The number of aromatic nitrogens is 1. The van der Waals surface area contributed by atoms with Crippen LogP contribution >= 0.6 is 11.3 Å². The second kappa shape index (κ2) is 9.90. The van der Waals surface area contributed by atoms with E-state index in [0.717, 1.165) is 49.5 Å². The number of hydrogen-bond acceptors (Lipinski definition) is 7. The highest BCUT2D eigenvalue weighted by Crippen LogP contribution is 2.36. The first-order valence-electron chi connectivity index (χ1n) is 11.9. The second-order valence-electron chi connectivity index (χ2n) is 9.01. The van der Waals surface area contributed by atoms with Crippen molar-refractivity contribution in [2.24, 2.45) is 0 Å². The lowest BCUT2D eigenvalue weighted by molar-refractivity contribution is -0.130. The molecule has 0 radical (unpaired) electrons. The van der Waals surface area contributed by atoms with E-state index in [-0.39, 0.29) is 5.91 Å². The molecule has 1 aromatic heterocycles. The van der Waals surface area contributed by atoms with E-state index in [1.54, 1.807) is 16.2 Å². The highest BCUT2D eigenvalue weighted by molar-refractivity contribution is 7.22. The number of rotatable bonds is 6. The van der Waals surface area contributed by atoms with E-state index < -0.39 is 12.2 Å². The van der Waals surface area contributed by atoms with Gasteiger partial charge in [-0.3, -0.25) is 14.6 Å². The number of aryl methyl sites for hydroxylation is 2. The fourth-order valence-corrected chi connectivity index (χ4v) is 5.48. The van der Waals surface area contributed by atoms with E-state index in [0.29, 0.717) is 23.2 Å². The van der Waals surface area contributed by atoms with Crippen LogP contribution in [0.1, 0.15) is 24.5 Å². The Balaban J connectivity index is 1.40. The van der Waals surface area contributed by atoms with Gasteiger partial charge in [-0.15, -0.1) is 0 Å². The number of carbonyl (C=O) groups is 1. The fraction of sp³-hybridized carbons (Fsp3) is 0.462. The lowest BCUT2D eigenvalue weighted by atomic mass is 10.1. The summed E-state index contributed by atoms with van der Waals surface area (Å²) in [6.45, 7) is 11.0. The van der Waals surface area contributed by atoms with Gasteiger partial charge in [-0.25, -0.2) is 4.98 Å². The third-order valence-electron chi connectivity index (χ3n) is 6.54. The van der Waals surface area contributed by atoms with Crippen LogP contribution in [-0.2, 0) is 9.53 Å². The van der Waals surface area contributed by atoms with Crippen molar-refractivity contribution in [2.45, 2.75) is 39.4 Å². The number of amides is 1. The molecule has 2 aliphatic heterocycles. The van der Waals surface area contributed by atoms with Gasteiger partial charge in [0.2, 0.25) is 6.10 Å². The average Bonchev–Trinajstić information content (AvgIpc) is 3.24. The predicted octanol–water partition coefficient (Wildman–Crippen LogP) is 4.20. The molecule has 0 aliphatic carbocycles. The minimum atomic E-state index is -0.728. The van der Waals surface area contributed by atoms with Crippen LogP contribution in [0.4, 0.5) is 5.13 Å². The molecule has 3 heterocycles. The first-order chi connectivity index (χ1) is 16.5. The van der Waals surface area contributed by atoms with Gasteiger partial charge in [0.15, 0.2) is 16.6 Å². The molecule has 2 aliphatic rings. The number of ether oxygens (including phenoxy) is 3. The van der Waals surface area contributed by atoms with E-state index in [9.17, 15) is 4.79 Å². The quantitative estimate of drug-likeness (QED) is 0.526. The van der Waals surface area contributed by atoms with Gasteiger partial charge in [-0.05, 0) is 62.6 Å². The van der Waals surface area contributed by atoms with Crippen molar-refractivity contribution in [1.82, 2.24) is 9.88 Å². The summed E-state index contributed by atoms with van der Waals surface area (Å²) < 4.78 is 18.7. The zero-order valence-electron chi connectivity index (χ0n) is 20.0. The lowest BCUT2D eigenvalue weighted by Gasteiger charge is -2.34. The zero-order valence-corrected chi connectivity index (χ0v) is 20.8. The van der Waals surface area contributed by atoms with Crippen LogP contribution in [0, 0.1) is 13.8 Å². The summed E-state index contributed by atoms with van der Waals surface area (Å²) in [5, 5.41) is 0.710. The predicted molar refractivity (Wildman–Crippen MR) is 134 cm³/mol. The summed E-state index contributed by atoms with van der Waals surface area (Å²) in [6.07, 6.45) is -0.282. The number of carbonyl (C=O) groups excluding carboxylic acids is 1. The smallest absolute Gasteiger partial charge is 0.273 e. The van der Waals surface area contributed by atoms with E-state index >= 15 is 0 Å². The first-order valence-corrected chi connectivity index (χ1v) is 12.7. The van der Waals surface area contributed by atoms with Gasteiger partial charge in [-0.1, -0.05) is 23.5 Å². The van der Waals surface area contributed by atoms with Gasteiger partial charge in [0.05, 0.1) is 23.4 Å². The maximum atomic E-state index is 13.9. The Morgan fingerprint density at radius 1 is 1.12 bits per heavy atom. The van der Waals surface area contributed by atoms with E-state index in [2.05, 4.69) is 30.9 Å². The minimum Gasteiger partial charge on any atom is -0.482 e. The molecule has 34 heavy (non-hydrogen) atoms. The van der Waals surface area contributed by atoms with Crippen molar-refractivity contribution < 1.29 is 19.0 Å². The molecule has 8 heteroatoms. The number of morpholine rings is 1. The van der Waals surface area contributed by atoms with Crippen molar-refractivity contribution in [3.05, 3.63) is 47.5 Å². The molecule has 0 N–H and O–H groups in total. The largest absolute Gasteiger partial charge is 0.482 e. The maximum absolute atomic E-state index is 13.9. The fourth-order valence-electron chi connectivity index (χ4n) is 4.40. The van der Waals surface area contributed by atoms with Gasteiger partial charge in [0.25, 0.3) is 5.91 Å². The Bertz CT molecular complexity index is 1140. The Morgan fingerprint density at radius 3 is 2.59 bits per heavy atom. The third kappa shape index (κ3) is 4.76. The van der Waals surface area contributed by atoms with E-state index in [1.165, 1.54) is 11.1 Å². The summed E-state index contributed by atoms with van der Waals surface area (Å²) >= 11 is 1.56. The van der Waals surface area contributed by atoms with Gasteiger partial charge in [0, 0.05) is 26.2 Å². The molecule has 180 valence electrons. The van der Waals surface area contributed by atoms with Gasteiger partial charge in [-0.2, -0.15) is 0 Å². The Hall–Kier alpha value is -2.68. The second-order valence-corrected chi connectivity index (χ2v) is 10.0. The molecule has 5 rings (SSSR count). The molecule has 2 atom stereocenters. The highest BCUT2D eigenvalue weighted by atomic mass is 32.1. The van der Waals surface area contributed by atoms with Crippen molar-refractivity contribution in [3.63, 3.8) is 0 Å². The summed E-state index contributed by atoms with van der Waals surface area (Å²) in [7, 11) is 0. The normalized spacial score (nSPS) is 20.4. The number of thiazole rings is 1. The molecule has 2 unspecified atom stereocenters. The molecular formula is C26H31N3O4S. The molecule has 1 saturated heterocycles. The molecule has 0 spiro atoms. The van der Waals surface area contributed by atoms with Crippen LogP contribution in [-0.4, -0.2) is 67.4 Å². The number of fused-ring (bicyclic) bond motifs is 2. The Morgan fingerprint density at radius 2 is 1.82 bits per heavy atom. The molecule has 7 nitrogen and oxygen atoms in total. The number of nitrogens with zero attached hydrogens (tertiary/aromatic N) is 3. The van der Waals surface area contributed by atoms with Crippen LogP contribution < -0.4 is 14.4 Å². The summed E-state index contributed by atoms with van der Waals surface area (Å²) in [5.41, 5.74) is 3.35. The standard InChI is InChI=1S/C26H31N3O4S/c1-17-15-20-23(16-18(17)2)34-26(27-20)29(10-6-9-28-11-13-31-14-12-28)25(30)24-19(3)32-21-7-4-5-8-22(21)33-24/h4-5,7-8,15-16,19,24H,6,9-14H2,1-3H3. The van der Waals surface area contributed by atoms with Crippen molar-refractivity contribution >= 4 is 32.6 Å². The molecule has 1 amide bonds. The summed E-state index contributed by atoms with van der Waals surface area (Å²) in [5.74, 6) is 1.16. The molecule has 3 aromatic rings. The van der Waals surface area contributed by atoms with E-state index in [1.807, 2.05) is 31.2 Å². The lowest BCUT2D eigenvalue weighted by Crippen LogP contribution is -2.51. The molecule has 1 fully saturated rings. The van der Waals surface area contributed by atoms with Crippen LogP contribution in [0.2, 0.25) is 0 Å². The number of benzene rings is 2. The zero-order chi connectivity index (χ0) is 23.7. The van der Waals surface area contributed by atoms with Crippen LogP contribution in [0.3, 0.4) is 0 Å². The van der Waals surface area contributed by atoms with Crippen molar-refractivity contribution in [2.75, 3.05) is 44.3 Å². The van der Waals surface area contributed by atoms with Crippen LogP contribution in [0.15, 0.2) is 36.4 Å². The molecular weight excluding hydrogens is 450 g/mol. The Labute approximate surface area is 204 Å². The summed E-state index contributed by atoms with van der Waals surface area (Å²) in [6, 6.07) is 11.7. The molecule has 0 saturated carbocycles. The molecule has 0 bridgehead atoms. The Kier molecular flexibility index (Phi) is 6.72. The third-order valence-corrected chi connectivity index (χ3v) is 7.58. The van der Waals surface area contributed by atoms with Gasteiger partial charge in [0.1, 0.15) is 6.10 Å². The maximum Gasteiger partial charge on any atom is 0.273 e. The topological polar surface area (TPSA) is 64.1 Å². The summed E-state index contributed by atoms with van der Waals surface area (Å²) in [4.78, 5) is 22.9. The van der Waals surface area contributed by atoms with Crippen LogP contribution in [0.25, 0.3) is 10.2 Å². The monoisotopic (exact) mass is 481 g/mol. The average molecular weight is 482 g/mol. The van der Waals surface area contributed by atoms with E-state index in [4.69, 9.17) is 19.2 Å². The van der Waals surface area contributed by atoms with Gasteiger partial charge >= 0.3 is 0 Å². The van der Waals surface area contributed by atoms with Gasteiger partial charge < -0.3 is 14.2 Å². The van der Waals surface area contributed by atoms with Crippen LogP contribution in [0.5, 0.6) is 11.5 Å². The van der Waals surface area contributed by atoms with Crippen molar-refractivity contribution in [1.29, 1.82) is 0 Å². The highest BCUT2D eigenvalue weighted by Gasteiger charge is 2.38. The first kappa shape index (κ1) is 23.1. The number of anilines is 1. The number of para-hydroxylation sites is 2. The molecule has 2 aromatic carbocycles. The minimum absolute atomic E-state index is 0.114. The number of hydrogen-bond donors (Lipinski definition) is 0. The SMILES string of the molecule is Cc1cc2nc(N(CCCN3CCOCC3)C(=O)C3Oc4ccccc4OC3C)sc2cc1C.